The maximum absolute atomic E-state index is 11.2. The number of hydrogen-bond acceptors (Lipinski definition) is 4. The molecule has 0 aliphatic rings. The van der Waals surface area contributed by atoms with Crippen LogP contribution in [-0.2, 0) is 6.54 Å². The number of aromatic nitrogens is 2. The van der Waals surface area contributed by atoms with Crippen LogP contribution in [0.15, 0.2) is 36.8 Å². The Labute approximate surface area is 105 Å². The topological polar surface area (TPSA) is 80.9 Å². The molecule has 18 heavy (non-hydrogen) atoms. The molecule has 2 aromatic heterocycles. The number of anilines is 1. The molecule has 2 heterocycles. The van der Waals surface area contributed by atoms with Gasteiger partial charge in [-0.15, -0.1) is 0 Å². The molecular formula is C13H14N4O. The lowest BCUT2D eigenvalue weighted by Gasteiger charge is -2.10. The largest absolute Gasteiger partial charge is 0.379 e. The van der Waals surface area contributed by atoms with E-state index in [1.54, 1.807) is 18.5 Å². The third-order valence-electron chi connectivity index (χ3n) is 2.65. The van der Waals surface area contributed by atoms with Gasteiger partial charge >= 0.3 is 0 Å². The summed E-state index contributed by atoms with van der Waals surface area (Å²) in [6, 6.07) is 5.60. The summed E-state index contributed by atoms with van der Waals surface area (Å²) in [4.78, 5) is 19.4. The predicted octanol–water partition coefficient (Wildman–Crippen LogP) is 1.50. The fraction of sp³-hybridized carbons (Fsp3) is 0.154. The van der Waals surface area contributed by atoms with E-state index in [2.05, 4.69) is 15.3 Å². The van der Waals surface area contributed by atoms with Crippen LogP contribution in [0.1, 0.15) is 21.6 Å². The second-order valence-corrected chi connectivity index (χ2v) is 3.91. The van der Waals surface area contributed by atoms with Crippen molar-refractivity contribution in [2.24, 2.45) is 5.73 Å². The highest BCUT2D eigenvalue weighted by Crippen LogP contribution is 2.14. The molecule has 92 valence electrons. The number of hydrogen-bond donors (Lipinski definition) is 2. The smallest absolute Gasteiger partial charge is 0.252 e. The number of nitrogens with one attached hydrogen (secondary N) is 1. The first-order chi connectivity index (χ1) is 8.68. The summed E-state index contributed by atoms with van der Waals surface area (Å²) in [5.41, 5.74) is 8.36. The third-order valence-corrected chi connectivity index (χ3v) is 2.65. The summed E-state index contributed by atoms with van der Waals surface area (Å²) >= 11 is 0. The SMILES string of the molecule is Cc1cccnc1CNc1ccncc1C(N)=O. The van der Waals surface area contributed by atoms with Gasteiger partial charge in [0.05, 0.1) is 23.5 Å². The molecule has 1 amide bonds. The maximum Gasteiger partial charge on any atom is 0.252 e. The molecule has 2 aromatic rings. The van der Waals surface area contributed by atoms with Crippen LogP contribution >= 0.6 is 0 Å². The number of carbonyl (C=O) groups is 1. The molecule has 0 spiro atoms. The van der Waals surface area contributed by atoms with E-state index in [4.69, 9.17) is 5.73 Å². The fourth-order valence-electron chi connectivity index (χ4n) is 1.63. The van der Waals surface area contributed by atoms with Crippen molar-refractivity contribution in [2.45, 2.75) is 13.5 Å². The molecule has 0 radical (unpaired) electrons. The van der Waals surface area contributed by atoms with Gasteiger partial charge in [0.1, 0.15) is 0 Å². The molecule has 0 saturated carbocycles. The lowest BCUT2D eigenvalue weighted by Crippen LogP contribution is -2.15. The first kappa shape index (κ1) is 12.0. The van der Waals surface area contributed by atoms with Gasteiger partial charge in [0, 0.05) is 18.6 Å². The average Bonchev–Trinajstić information content (AvgIpc) is 2.38. The van der Waals surface area contributed by atoms with E-state index in [1.807, 2.05) is 19.1 Å². The molecule has 0 atom stereocenters. The molecule has 2 rings (SSSR count). The number of carbonyl (C=O) groups excluding carboxylic acids is 1. The number of aryl methyl sites for hydroxylation is 1. The molecule has 0 bridgehead atoms. The van der Waals surface area contributed by atoms with Crippen molar-refractivity contribution >= 4 is 11.6 Å². The number of nitrogens with two attached hydrogens (primary N) is 1. The fourth-order valence-corrected chi connectivity index (χ4v) is 1.63. The molecule has 0 saturated heterocycles. The van der Waals surface area contributed by atoms with Gasteiger partial charge in [0.15, 0.2) is 0 Å². The summed E-state index contributed by atoms with van der Waals surface area (Å²) in [7, 11) is 0. The van der Waals surface area contributed by atoms with Crippen molar-refractivity contribution in [1.82, 2.24) is 9.97 Å². The van der Waals surface area contributed by atoms with Crippen LogP contribution < -0.4 is 11.1 Å². The molecular weight excluding hydrogens is 228 g/mol. The van der Waals surface area contributed by atoms with Gasteiger partial charge in [-0.2, -0.15) is 0 Å². The Morgan fingerprint density at radius 3 is 2.94 bits per heavy atom. The van der Waals surface area contributed by atoms with E-state index in [9.17, 15) is 4.79 Å². The highest BCUT2D eigenvalue weighted by Gasteiger charge is 2.08. The quantitative estimate of drug-likeness (QED) is 0.851. The van der Waals surface area contributed by atoms with E-state index in [0.717, 1.165) is 11.3 Å². The first-order valence-corrected chi connectivity index (χ1v) is 5.56. The molecule has 0 aromatic carbocycles. The van der Waals surface area contributed by atoms with Crippen molar-refractivity contribution < 1.29 is 4.79 Å². The zero-order chi connectivity index (χ0) is 13.0. The van der Waals surface area contributed by atoms with E-state index >= 15 is 0 Å². The van der Waals surface area contributed by atoms with E-state index in [1.165, 1.54) is 6.20 Å². The van der Waals surface area contributed by atoms with Crippen LogP contribution in [-0.4, -0.2) is 15.9 Å². The molecule has 0 aliphatic carbocycles. The normalized spacial score (nSPS) is 10.1. The van der Waals surface area contributed by atoms with Crippen LogP contribution in [0.2, 0.25) is 0 Å². The molecule has 5 nitrogen and oxygen atoms in total. The minimum atomic E-state index is -0.497. The zero-order valence-corrected chi connectivity index (χ0v) is 10.1. The third kappa shape index (κ3) is 2.63. The number of nitrogens with zero attached hydrogens (tertiary/aromatic N) is 2. The van der Waals surface area contributed by atoms with Crippen molar-refractivity contribution in [1.29, 1.82) is 0 Å². The van der Waals surface area contributed by atoms with Gasteiger partial charge in [-0.05, 0) is 24.6 Å². The Kier molecular flexibility index (Phi) is 3.52. The second kappa shape index (κ2) is 5.27. The molecule has 0 aliphatic heterocycles. The van der Waals surface area contributed by atoms with Crippen LogP contribution in [0.3, 0.4) is 0 Å². The minimum absolute atomic E-state index is 0.381. The molecule has 3 N–H and O–H groups in total. The van der Waals surface area contributed by atoms with Gasteiger partial charge in [-0.1, -0.05) is 6.07 Å². The Morgan fingerprint density at radius 2 is 2.22 bits per heavy atom. The Hall–Kier alpha value is -2.43. The van der Waals surface area contributed by atoms with Gasteiger partial charge in [0.25, 0.3) is 5.91 Å². The van der Waals surface area contributed by atoms with Crippen LogP contribution in [0.25, 0.3) is 0 Å². The van der Waals surface area contributed by atoms with Gasteiger partial charge in [-0.25, -0.2) is 0 Å². The summed E-state index contributed by atoms with van der Waals surface area (Å²) in [5, 5.41) is 3.15. The number of rotatable bonds is 4. The summed E-state index contributed by atoms with van der Waals surface area (Å²) in [6.07, 6.45) is 4.81. The summed E-state index contributed by atoms with van der Waals surface area (Å²) < 4.78 is 0. The first-order valence-electron chi connectivity index (χ1n) is 5.56. The summed E-state index contributed by atoms with van der Waals surface area (Å²) in [5.74, 6) is -0.497. The van der Waals surface area contributed by atoms with E-state index < -0.39 is 5.91 Å². The van der Waals surface area contributed by atoms with Crippen molar-refractivity contribution in [2.75, 3.05) is 5.32 Å². The monoisotopic (exact) mass is 242 g/mol. The molecule has 5 heteroatoms. The predicted molar refractivity (Wildman–Crippen MR) is 69.1 cm³/mol. The number of pyridine rings is 2. The van der Waals surface area contributed by atoms with Crippen LogP contribution in [0.4, 0.5) is 5.69 Å². The van der Waals surface area contributed by atoms with E-state index in [-0.39, 0.29) is 0 Å². The van der Waals surface area contributed by atoms with Gasteiger partial charge in [0.2, 0.25) is 0 Å². The Bertz CT molecular complexity index is 568. The Morgan fingerprint density at radius 1 is 1.39 bits per heavy atom. The zero-order valence-electron chi connectivity index (χ0n) is 10.1. The lowest BCUT2D eigenvalue weighted by molar-refractivity contribution is 0.100. The van der Waals surface area contributed by atoms with Crippen molar-refractivity contribution in [3.8, 4) is 0 Å². The maximum atomic E-state index is 11.2. The highest BCUT2D eigenvalue weighted by molar-refractivity contribution is 5.98. The number of primary amides is 1. The summed E-state index contributed by atoms with van der Waals surface area (Å²) in [6.45, 7) is 2.53. The second-order valence-electron chi connectivity index (χ2n) is 3.91. The van der Waals surface area contributed by atoms with Gasteiger partial charge in [-0.3, -0.25) is 14.8 Å². The van der Waals surface area contributed by atoms with Crippen LogP contribution in [0.5, 0.6) is 0 Å². The molecule has 0 unspecified atom stereocenters. The van der Waals surface area contributed by atoms with Crippen molar-refractivity contribution in [3.05, 3.63) is 53.6 Å². The number of amides is 1. The lowest BCUT2D eigenvalue weighted by atomic mass is 10.2. The van der Waals surface area contributed by atoms with Gasteiger partial charge < -0.3 is 11.1 Å². The van der Waals surface area contributed by atoms with Crippen molar-refractivity contribution in [3.63, 3.8) is 0 Å². The van der Waals surface area contributed by atoms with Crippen LogP contribution in [0, 0.1) is 6.92 Å². The highest BCUT2D eigenvalue weighted by atomic mass is 16.1. The Balaban J connectivity index is 2.16. The average molecular weight is 242 g/mol. The standard InChI is InChI=1S/C13H14N4O/c1-9-3-2-5-16-12(9)8-17-11-4-6-15-7-10(11)13(14)18/h2-7H,8H2,1H3,(H2,14,18)(H,15,17). The minimum Gasteiger partial charge on any atom is -0.379 e. The molecule has 0 fully saturated rings. The van der Waals surface area contributed by atoms with E-state index in [0.29, 0.717) is 17.8 Å².